The number of carbonyl (C=O) groups is 1. The van der Waals surface area contributed by atoms with Crippen LogP contribution in [0, 0.1) is 5.82 Å². The van der Waals surface area contributed by atoms with Crippen LogP contribution in [-0.2, 0) is 19.4 Å². The summed E-state index contributed by atoms with van der Waals surface area (Å²) in [6.07, 6.45) is 0. The summed E-state index contributed by atoms with van der Waals surface area (Å²) < 4.78 is 41.2. The average Bonchev–Trinajstić information content (AvgIpc) is 2.39. The van der Waals surface area contributed by atoms with Crippen molar-refractivity contribution in [2.24, 2.45) is 5.73 Å². The molecule has 120 valence electrons. The van der Waals surface area contributed by atoms with E-state index in [0.717, 1.165) is 12.1 Å². The Bertz CT molecular complexity index is 551. The molecular weight excluding hydrogens is 323 g/mol. The van der Waals surface area contributed by atoms with Crippen molar-refractivity contribution >= 4 is 28.2 Å². The summed E-state index contributed by atoms with van der Waals surface area (Å²) in [5, 5.41) is 2.41. The quantitative estimate of drug-likeness (QED) is 0.686. The number of hydrogen-bond donors (Lipinski definition) is 2. The summed E-state index contributed by atoms with van der Waals surface area (Å²) >= 11 is 0. The molecule has 1 aromatic carbocycles. The monoisotopic (exact) mass is 340 g/mol. The zero-order valence-corrected chi connectivity index (χ0v) is 13.0. The molecule has 3 N–H and O–H groups in total. The van der Waals surface area contributed by atoms with Gasteiger partial charge in [0.2, 0.25) is 5.91 Å². The smallest absolute Gasteiger partial charge is 0.239 e. The maximum absolute atomic E-state index is 12.7. The van der Waals surface area contributed by atoms with Gasteiger partial charge in [-0.3, -0.25) is 4.79 Å². The molecule has 1 amide bonds. The molecule has 0 aromatic heterocycles. The second-order valence-electron chi connectivity index (χ2n) is 4.13. The molecule has 6 nitrogen and oxygen atoms in total. The van der Waals surface area contributed by atoms with E-state index in [9.17, 15) is 17.6 Å². The molecule has 0 heterocycles. The zero-order chi connectivity index (χ0) is 15.2. The van der Waals surface area contributed by atoms with E-state index in [0.29, 0.717) is 0 Å². The van der Waals surface area contributed by atoms with Crippen molar-refractivity contribution in [1.29, 1.82) is 0 Å². The van der Waals surface area contributed by atoms with Crippen molar-refractivity contribution in [2.45, 2.75) is 10.9 Å². The fraction of sp³-hybridized carbons (Fsp3) is 0.417. The van der Waals surface area contributed by atoms with E-state index in [1.54, 1.807) is 0 Å². The van der Waals surface area contributed by atoms with Crippen molar-refractivity contribution in [1.82, 2.24) is 5.32 Å². The van der Waals surface area contributed by atoms with Crippen LogP contribution in [0.25, 0.3) is 0 Å². The van der Waals surface area contributed by atoms with Crippen molar-refractivity contribution in [3.8, 4) is 0 Å². The topological polar surface area (TPSA) is 98.5 Å². The van der Waals surface area contributed by atoms with Crippen LogP contribution in [0.3, 0.4) is 0 Å². The number of nitrogens with one attached hydrogen (secondary N) is 1. The first kappa shape index (κ1) is 19.8. The maximum Gasteiger partial charge on any atom is 0.239 e. The largest absolute Gasteiger partial charge is 0.383 e. The third kappa shape index (κ3) is 6.38. The number of halogens is 2. The second kappa shape index (κ2) is 8.93. The van der Waals surface area contributed by atoms with Crippen LogP contribution in [0.4, 0.5) is 4.39 Å². The van der Waals surface area contributed by atoms with Gasteiger partial charge in [0, 0.05) is 13.7 Å². The lowest BCUT2D eigenvalue weighted by Gasteiger charge is -2.11. The van der Waals surface area contributed by atoms with Crippen molar-refractivity contribution < 1.29 is 22.3 Å². The summed E-state index contributed by atoms with van der Waals surface area (Å²) in [7, 11) is -2.16. The minimum absolute atomic E-state index is 0. The first-order valence-corrected chi connectivity index (χ1v) is 7.52. The molecule has 1 aromatic rings. The fourth-order valence-corrected chi connectivity index (χ4v) is 2.61. The summed E-state index contributed by atoms with van der Waals surface area (Å²) in [4.78, 5) is 11.4. The standard InChI is InChI=1S/C12H17FN2O4S.ClH/c1-19-8-11(14)12(16)15-6-7-20(17,18)10-4-2-9(13)3-5-10;/h2-5,11H,6-8,14H2,1H3,(H,15,16);1H. The normalized spacial score (nSPS) is 12.3. The van der Waals surface area contributed by atoms with Crippen LogP contribution in [0.15, 0.2) is 29.2 Å². The molecular formula is C12H18ClFN2O4S. The Balaban J connectivity index is 0.00000400. The highest BCUT2D eigenvalue weighted by atomic mass is 35.5. The highest BCUT2D eigenvalue weighted by molar-refractivity contribution is 7.91. The third-order valence-corrected chi connectivity index (χ3v) is 4.26. The van der Waals surface area contributed by atoms with Crippen LogP contribution >= 0.6 is 12.4 Å². The van der Waals surface area contributed by atoms with Crippen LogP contribution < -0.4 is 11.1 Å². The molecule has 21 heavy (non-hydrogen) atoms. The summed E-state index contributed by atoms with van der Waals surface area (Å²) in [5.74, 6) is -1.28. The van der Waals surface area contributed by atoms with E-state index in [2.05, 4.69) is 5.32 Å². The van der Waals surface area contributed by atoms with Crippen molar-refractivity contribution in [3.63, 3.8) is 0 Å². The molecule has 0 radical (unpaired) electrons. The Hall–Kier alpha value is -1.22. The predicted octanol–water partition coefficient (Wildman–Crippen LogP) is 0.111. The number of sulfone groups is 1. The van der Waals surface area contributed by atoms with Gasteiger partial charge in [-0.05, 0) is 24.3 Å². The van der Waals surface area contributed by atoms with Gasteiger partial charge in [0.05, 0.1) is 17.3 Å². The minimum Gasteiger partial charge on any atom is -0.383 e. The number of carbonyl (C=O) groups excluding carboxylic acids is 1. The first-order chi connectivity index (χ1) is 9.36. The van der Waals surface area contributed by atoms with E-state index < -0.39 is 27.6 Å². The fourth-order valence-electron chi connectivity index (χ4n) is 1.45. The van der Waals surface area contributed by atoms with Crippen molar-refractivity contribution in [3.05, 3.63) is 30.1 Å². The Kier molecular flexibility index (Phi) is 8.41. The lowest BCUT2D eigenvalue weighted by Crippen LogP contribution is -2.44. The van der Waals surface area contributed by atoms with Gasteiger partial charge in [-0.1, -0.05) is 0 Å². The number of nitrogens with two attached hydrogens (primary N) is 1. The number of amides is 1. The van der Waals surface area contributed by atoms with Crippen molar-refractivity contribution in [2.75, 3.05) is 26.0 Å². The molecule has 0 aliphatic rings. The number of ether oxygens (including phenoxy) is 1. The highest BCUT2D eigenvalue weighted by Gasteiger charge is 2.17. The average molecular weight is 341 g/mol. The van der Waals surface area contributed by atoms with E-state index in [4.69, 9.17) is 10.5 Å². The molecule has 0 bridgehead atoms. The van der Waals surface area contributed by atoms with Gasteiger partial charge < -0.3 is 15.8 Å². The van der Waals surface area contributed by atoms with Gasteiger partial charge in [0.1, 0.15) is 11.9 Å². The molecule has 1 atom stereocenters. The van der Waals surface area contributed by atoms with Crippen LogP contribution in [-0.4, -0.2) is 46.4 Å². The van der Waals surface area contributed by atoms with E-state index in [1.165, 1.54) is 19.2 Å². The number of benzene rings is 1. The molecule has 0 fully saturated rings. The Morgan fingerprint density at radius 1 is 1.38 bits per heavy atom. The first-order valence-electron chi connectivity index (χ1n) is 5.87. The van der Waals surface area contributed by atoms with Crippen LogP contribution in [0.5, 0.6) is 0 Å². The van der Waals surface area contributed by atoms with Gasteiger partial charge in [-0.2, -0.15) is 0 Å². The van der Waals surface area contributed by atoms with E-state index >= 15 is 0 Å². The van der Waals surface area contributed by atoms with Gasteiger partial charge >= 0.3 is 0 Å². The Morgan fingerprint density at radius 3 is 2.48 bits per heavy atom. The second-order valence-corrected chi connectivity index (χ2v) is 6.23. The number of methoxy groups -OCH3 is 1. The van der Waals surface area contributed by atoms with E-state index in [-0.39, 0.29) is 36.2 Å². The van der Waals surface area contributed by atoms with Gasteiger partial charge in [0.15, 0.2) is 9.84 Å². The molecule has 0 spiro atoms. The summed E-state index contributed by atoms with van der Waals surface area (Å²) in [6.45, 7) is -0.0213. The third-order valence-electron chi connectivity index (χ3n) is 2.53. The zero-order valence-electron chi connectivity index (χ0n) is 11.4. The molecule has 0 saturated heterocycles. The molecule has 0 aliphatic carbocycles. The minimum atomic E-state index is -3.56. The van der Waals surface area contributed by atoms with Gasteiger partial charge in [-0.15, -0.1) is 12.4 Å². The predicted molar refractivity (Wildman–Crippen MR) is 78.6 cm³/mol. The van der Waals surface area contributed by atoms with Gasteiger partial charge in [-0.25, -0.2) is 12.8 Å². The molecule has 0 aliphatic heterocycles. The Labute approximate surface area is 129 Å². The lowest BCUT2D eigenvalue weighted by molar-refractivity contribution is -0.123. The SMILES string of the molecule is COCC(N)C(=O)NCCS(=O)(=O)c1ccc(F)cc1.Cl. The highest BCUT2D eigenvalue weighted by Crippen LogP contribution is 2.11. The number of hydrogen-bond acceptors (Lipinski definition) is 5. The lowest BCUT2D eigenvalue weighted by atomic mass is 10.3. The summed E-state index contributed by atoms with van der Waals surface area (Å²) in [5.41, 5.74) is 5.48. The van der Waals surface area contributed by atoms with Crippen LogP contribution in [0.2, 0.25) is 0 Å². The Morgan fingerprint density at radius 2 is 1.95 bits per heavy atom. The van der Waals surface area contributed by atoms with Gasteiger partial charge in [0.25, 0.3) is 0 Å². The molecule has 0 saturated carbocycles. The molecule has 1 unspecified atom stereocenters. The molecule has 1 rings (SSSR count). The number of rotatable bonds is 7. The van der Waals surface area contributed by atoms with Crippen LogP contribution in [0.1, 0.15) is 0 Å². The summed E-state index contributed by atoms with van der Waals surface area (Å²) in [6, 6.07) is 3.67. The molecule has 9 heteroatoms. The van der Waals surface area contributed by atoms with E-state index in [1.807, 2.05) is 0 Å². The maximum atomic E-state index is 12.7.